The first kappa shape index (κ1) is 24.6. The Balaban J connectivity index is 1.85. The van der Waals surface area contributed by atoms with Gasteiger partial charge >= 0.3 is 12.0 Å². The van der Waals surface area contributed by atoms with E-state index >= 15 is 4.39 Å². The summed E-state index contributed by atoms with van der Waals surface area (Å²) in [6, 6.07) is 3.26. The highest BCUT2D eigenvalue weighted by Gasteiger charge is 2.33. The quantitative estimate of drug-likeness (QED) is 0.437. The van der Waals surface area contributed by atoms with Gasteiger partial charge in [0.25, 0.3) is 5.91 Å². The van der Waals surface area contributed by atoms with Crippen LogP contribution in [0.15, 0.2) is 24.5 Å². The van der Waals surface area contributed by atoms with E-state index in [-0.39, 0.29) is 60.0 Å². The molecule has 1 aliphatic rings. The van der Waals surface area contributed by atoms with Crippen molar-refractivity contribution in [2.75, 3.05) is 49.2 Å². The topological polar surface area (TPSA) is 116 Å². The molecular formula is C20H20Cl2FN5O5. The molecule has 3 amide bonds. The van der Waals surface area contributed by atoms with Crippen molar-refractivity contribution in [1.82, 2.24) is 14.9 Å². The molecule has 0 atom stereocenters. The van der Waals surface area contributed by atoms with Gasteiger partial charge in [-0.15, -0.1) is 0 Å². The molecule has 1 saturated heterocycles. The van der Waals surface area contributed by atoms with Crippen LogP contribution in [0.3, 0.4) is 0 Å². The standard InChI is InChI=1S/C20H20Cl2FN5O5/c1-2-33-15(30)10-26-5-6-28(20(26)32)14-4-3-12(9-13(14)23)27(7-8-29)19(31)16-17(21)24-11-25-18(16)22/h3-4,9,11,29H,2,5-8,10H2,1H3. The zero-order valence-electron chi connectivity index (χ0n) is 17.5. The third-order valence-corrected chi connectivity index (χ3v) is 5.36. The van der Waals surface area contributed by atoms with E-state index in [9.17, 15) is 19.5 Å². The van der Waals surface area contributed by atoms with E-state index in [0.717, 1.165) is 17.3 Å². The van der Waals surface area contributed by atoms with Gasteiger partial charge in [0.1, 0.15) is 34.6 Å². The molecule has 1 fully saturated rings. The Labute approximate surface area is 198 Å². The summed E-state index contributed by atoms with van der Waals surface area (Å²) in [7, 11) is 0. The van der Waals surface area contributed by atoms with E-state index in [1.165, 1.54) is 21.9 Å². The van der Waals surface area contributed by atoms with E-state index in [0.29, 0.717) is 0 Å². The van der Waals surface area contributed by atoms with Crippen LogP contribution < -0.4 is 9.80 Å². The fourth-order valence-corrected chi connectivity index (χ4v) is 3.78. The maximum absolute atomic E-state index is 15.0. The Morgan fingerprint density at radius 2 is 1.94 bits per heavy atom. The predicted molar refractivity (Wildman–Crippen MR) is 118 cm³/mol. The summed E-state index contributed by atoms with van der Waals surface area (Å²) in [6.07, 6.45) is 1.09. The number of urea groups is 1. The van der Waals surface area contributed by atoms with Crippen LogP contribution in [0.25, 0.3) is 0 Å². The number of aromatic nitrogens is 2. The molecule has 1 aromatic carbocycles. The van der Waals surface area contributed by atoms with E-state index in [2.05, 4.69) is 9.97 Å². The van der Waals surface area contributed by atoms with E-state index in [1.807, 2.05) is 0 Å². The van der Waals surface area contributed by atoms with Gasteiger partial charge in [-0.05, 0) is 25.1 Å². The molecule has 0 unspecified atom stereocenters. The number of amides is 3. The van der Waals surface area contributed by atoms with Crippen molar-refractivity contribution in [2.24, 2.45) is 0 Å². The summed E-state index contributed by atoms with van der Waals surface area (Å²) in [5, 5.41) is 9.04. The lowest BCUT2D eigenvalue weighted by Crippen LogP contribution is -2.36. The van der Waals surface area contributed by atoms with Gasteiger partial charge in [-0.3, -0.25) is 14.5 Å². The number of rotatable bonds is 8. The molecule has 13 heteroatoms. The molecule has 1 aliphatic heterocycles. The first-order chi connectivity index (χ1) is 15.8. The average molecular weight is 500 g/mol. The minimum atomic E-state index is -0.781. The van der Waals surface area contributed by atoms with Crippen molar-refractivity contribution in [1.29, 1.82) is 0 Å². The molecule has 0 bridgehead atoms. The lowest BCUT2D eigenvalue weighted by atomic mass is 10.2. The molecule has 33 heavy (non-hydrogen) atoms. The van der Waals surface area contributed by atoms with E-state index in [4.69, 9.17) is 27.9 Å². The molecule has 0 spiro atoms. The van der Waals surface area contributed by atoms with Crippen molar-refractivity contribution in [3.05, 3.63) is 46.2 Å². The van der Waals surface area contributed by atoms with Crippen LogP contribution >= 0.6 is 23.2 Å². The fourth-order valence-electron chi connectivity index (χ4n) is 3.30. The summed E-state index contributed by atoms with van der Waals surface area (Å²) in [5.41, 5.74) is -0.116. The first-order valence-corrected chi connectivity index (χ1v) is 10.6. The number of hydrogen-bond donors (Lipinski definition) is 1. The minimum Gasteiger partial charge on any atom is -0.465 e. The molecule has 10 nitrogen and oxygen atoms in total. The Bertz CT molecular complexity index is 1050. The fraction of sp³-hybridized carbons (Fsp3) is 0.350. The maximum atomic E-state index is 15.0. The molecule has 0 saturated carbocycles. The second kappa shape index (κ2) is 10.7. The maximum Gasteiger partial charge on any atom is 0.325 e. The van der Waals surface area contributed by atoms with Gasteiger partial charge in [0.15, 0.2) is 0 Å². The van der Waals surface area contributed by atoms with Crippen molar-refractivity contribution >= 4 is 52.5 Å². The van der Waals surface area contributed by atoms with Crippen LogP contribution in [0.1, 0.15) is 17.3 Å². The average Bonchev–Trinajstić information content (AvgIpc) is 3.11. The number of halogens is 3. The summed E-state index contributed by atoms with van der Waals surface area (Å²) < 4.78 is 19.9. The van der Waals surface area contributed by atoms with Crippen LogP contribution in [-0.2, 0) is 9.53 Å². The molecule has 0 radical (unpaired) electrons. The number of hydrogen-bond acceptors (Lipinski definition) is 7. The molecule has 2 aromatic rings. The molecule has 2 heterocycles. The first-order valence-electron chi connectivity index (χ1n) is 9.88. The monoisotopic (exact) mass is 499 g/mol. The van der Waals surface area contributed by atoms with Gasteiger partial charge < -0.3 is 19.6 Å². The molecule has 0 aliphatic carbocycles. The summed E-state index contributed by atoms with van der Waals surface area (Å²) in [4.78, 5) is 48.3. The zero-order chi connectivity index (χ0) is 24.1. The molecule has 1 aromatic heterocycles. The van der Waals surface area contributed by atoms with Crippen molar-refractivity contribution in [2.45, 2.75) is 6.92 Å². The number of anilines is 2. The van der Waals surface area contributed by atoms with Gasteiger partial charge in [-0.25, -0.2) is 19.2 Å². The van der Waals surface area contributed by atoms with Gasteiger partial charge in [-0.2, -0.15) is 0 Å². The Morgan fingerprint density at radius 1 is 1.24 bits per heavy atom. The summed E-state index contributed by atoms with van der Waals surface area (Å²) >= 11 is 12.0. The molecule has 3 rings (SSSR count). The summed E-state index contributed by atoms with van der Waals surface area (Å²) in [6.45, 7) is 1.39. The van der Waals surface area contributed by atoms with E-state index < -0.39 is 30.3 Å². The Morgan fingerprint density at radius 3 is 2.55 bits per heavy atom. The zero-order valence-corrected chi connectivity index (χ0v) is 19.0. The lowest BCUT2D eigenvalue weighted by Gasteiger charge is -2.24. The van der Waals surface area contributed by atoms with Gasteiger partial charge in [0, 0.05) is 25.3 Å². The second-order valence-electron chi connectivity index (χ2n) is 6.81. The number of aliphatic hydroxyl groups is 1. The van der Waals surface area contributed by atoms with Gasteiger partial charge in [0.2, 0.25) is 0 Å². The SMILES string of the molecule is CCOC(=O)CN1CCN(c2ccc(N(CCO)C(=O)c3c(Cl)ncnc3Cl)cc2F)C1=O. The number of carbonyl (C=O) groups excluding carboxylic acids is 3. The Kier molecular flexibility index (Phi) is 8.01. The lowest BCUT2D eigenvalue weighted by molar-refractivity contribution is -0.143. The third-order valence-electron chi connectivity index (χ3n) is 4.79. The van der Waals surface area contributed by atoms with Crippen LogP contribution in [0.4, 0.5) is 20.6 Å². The number of ether oxygens (including phenoxy) is 1. The highest BCUT2D eigenvalue weighted by molar-refractivity contribution is 6.39. The number of aliphatic hydroxyl groups excluding tert-OH is 1. The Hall–Kier alpha value is -3.02. The van der Waals surface area contributed by atoms with Crippen molar-refractivity contribution in [3.63, 3.8) is 0 Å². The van der Waals surface area contributed by atoms with Crippen LogP contribution in [0, 0.1) is 5.82 Å². The van der Waals surface area contributed by atoms with Crippen molar-refractivity contribution in [3.8, 4) is 0 Å². The number of nitrogens with zero attached hydrogens (tertiary/aromatic N) is 5. The number of esters is 1. The normalized spacial score (nSPS) is 13.4. The molecular weight excluding hydrogens is 480 g/mol. The minimum absolute atomic E-state index is 0.0226. The van der Waals surface area contributed by atoms with E-state index in [1.54, 1.807) is 6.92 Å². The van der Waals surface area contributed by atoms with Gasteiger partial charge in [-0.1, -0.05) is 23.2 Å². The number of benzene rings is 1. The highest BCUT2D eigenvalue weighted by atomic mass is 35.5. The summed E-state index contributed by atoms with van der Waals surface area (Å²) in [5.74, 6) is -2.07. The third kappa shape index (κ3) is 5.32. The van der Waals surface area contributed by atoms with Crippen LogP contribution in [-0.4, -0.2) is 77.3 Å². The van der Waals surface area contributed by atoms with Gasteiger partial charge in [0.05, 0.1) is 18.9 Å². The van der Waals surface area contributed by atoms with Crippen LogP contribution in [0.2, 0.25) is 10.3 Å². The van der Waals surface area contributed by atoms with Crippen LogP contribution in [0.5, 0.6) is 0 Å². The smallest absolute Gasteiger partial charge is 0.325 e. The molecule has 1 N–H and O–H groups in total. The largest absolute Gasteiger partial charge is 0.465 e. The molecule has 176 valence electrons. The second-order valence-corrected chi connectivity index (χ2v) is 7.52. The number of carbonyl (C=O) groups is 3. The van der Waals surface area contributed by atoms with Crippen molar-refractivity contribution < 1.29 is 28.6 Å². The predicted octanol–water partition coefficient (Wildman–Crippen LogP) is 2.37. The highest BCUT2D eigenvalue weighted by Crippen LogP contribution is 2.30.